The quantitative estimate of drug-likeness (QED) is 0.551. The van der Waals surface area contributed by atoms with Crippen molar-refractivity contribution < 1.29 is 17.6 Å². The lowest BCUT2D eigenvalue weighted by Crippen LogP contribution is -2.40. The molecule has 0 spiro atoms. The second-order valence-corrected chi connectivity index (χ2v) is 7.56. The third-order valence-corrected chi connectivity index (χ3v) is 4.94. The van der Waals surface area contributed by atoms with Gasteiger partial charge in [-0.25, -0.2) is 22.5 Å². The first-order chi connectivity index (χ1) is 15.2. The molecule has 170 valence electrons. The van der Waals surface area contributed by atoms with E-state index in [1.54, 1.807) is 36.0 Å². The van der Waals surface area contributed by atoms with Crippen molar-refractivity contribution in [2.45, 2.75) is 31.7 Å². The number of aryl methyl sites for hydroxylation is 1. The summed E-state index contributed by atoms with van der Waals surface area (Å²) in [7, 11) is 1.80. The maximum atomic E-state index is 14.1. The smallest absolute Gasteiger partial charge is 0.251 e. The van der Waals surface area contributed by atoms with Crippen LogP contribution in [0.15, 0.2) is 24.8 Å². The molecule has 9 nitrogen and oxygen atoms in total. The molecule has 0 unspecified atom stereocenters. The van der Waals surface area contributed by atoms with E-state index in [1.807, 2.05) is 0 Å². The molecule has 0 aromatic carbocycles. The van der Waals surface area contributed by atoms with Crippen LogP contribution in [0.3, 0.4) is 0 Å². The van der Waals surface area contributed by atoms with Gasteiger partial charge in [-0.05, 0) is 6.92 Å². The average Bonchev–Trinajstić information content (AvgIpc) is 3.12. The van der Waals surface area contributed by atoms with Gasteiger partial charge in [-0.1, -0.05) is 0 Å². The molecule has 3 aromatic heterocycles. The van der Waals surface area contributed by atoms with E-state index >= 15 is 0 Å². The Hall–Kier alpha value is -3.51. The predicted octanol–water partition coefficient (Wildman–Crippen LogP) is 3.43. The van der Waals surface area contributed by atoms with Crippen LogP contribution in [-0.4, -0.2) is 48.5 Å². The highest BCUT2D eigenvalue weighted by Crippen LogP contribution is 2.30. The maximum absolute atomic E-state index is 14.1. The second kappa shape index (κ2) is 8.55. The Balaban J connectivity index is 1.61. The second-order valence-electron chi connectivity index (χ2n) is 7.56. The van der Waals surface area contributed by atoms with Gasteiger partial charge in [-0.15, -0.1) is 0 Å². The molecule has 1 fully saturated rings. The van der Waals surface area contributed by atoms with Gasteiger partial charge < -0.3 is 20.1 Å². The zero-order valence-corrected chi connectivity index (χ0v) is 17.4. The van der Waals surface area contributed by atoms with Gasteiger partial charge in [0.2, 0.25) is 17.8 Å². The molecule has 4 rings (SSSR count). The molecule has 13 heteroatoms. The predicted molar refractivity (Wildman–Crippen MR) is 109 cm³/mol. The largest absolute Gasteiger partial charge is 0.346 e. The minimum absolute atomic E-state index is 0.0230. The van der Waals surface area contributed by atoms with Crippen LogP contribution in [0, 0.1) is 11.6 Å². The molecule has 0 aliphatic carbocycles. The Morgan fingerprint density at radius 1 is 1.06 bits per heavy atom. The molecular weight excluding hydrogens is 430 g/mol. The zero-order chi connectivity index (χ0) is 22.9. The van der Waals surface area contributed by atoms with E-state index in [2.05, 4.69) is 35.6 Å². The third-order valence-electron chi connectivity index (χ3n) is 4.94. The van der Waals surface area contributed by atoms with Crippen molar-refractivity contribution in [1.82, 2.24) is 29.5 Å². The molecule has 1 aliphatic heterocycles. The highest BCUT2D eigenvalue weighted by molar-refractivity contribution is 5.52. The van der Waals surface area contributed by atoms with Crippen molar-refractivity contribution in [2.24, 2.45) is 7.05 Å². The number of nitrogens with zero attached hydrogens (tertiary/aromatic N) is 7. The van der Waals surface area contributed by atoms with Crippen molar-refractivity contribution in [3.63, 3.8) is 0 Å². The van der Waals surface area contributed by atoms with Crippen molar-refractivity contribution in [3.8, 4) is 0 Å². The molecular formula is C19H21F4N9. The molecule has 0 saturated carbocycles. The number of piperidine rings is 1. The van der Waals surface area contributed by atoms with E-state index in [-0.39, 0.29) is 49.5 Å². The lowest BCUT2D eigenvalue weighted by Gasteiger charge is -2.31. The molecule has 0 radical (unpaired) electrons. The fourth-order valence-corrected chi connectivity index (χ4v) is 3.26. The van der Waals surface area contributed by atoms with Gasteiger partial charge in [0.05, 0.1) is 24.3 Å². The SMILES string of the molecule is C[C@H](Nc1nc(Nc2cn(C)cn2)nc(N2CCC(F)(F)CC2)n1)c1ncc(F)cc1F. The van der Waals surface area contributed by atoms with E-state index < -0.39 is 23.6 Å². The molecule has 1 aliphatic rings. The minimum atomic E-state index is -2.72. The molecule has 2 N–H and O–H groups in total. The summed E-state index contributed by atoms with van der Waals surface area (Å²) < 4.78 is 56.2. The van der Waals surface area contributed by atoms with Crippen molar-refractivity contribution in [1.29, 1.82) is 0 Å². The van der Waals surface area contributed by atoms with Crippen LogP contribution in [0.1, 0.15) is 31.5 Å². The average molecular weight is 451 g/mol. The van der Waals surface area contributed by atoms with Gasteiger partial charge in [-0.3, -0.25) is 4.98 Å². The first kappa shape index (κ1) is 21.7. The summed E-state index contributed by atoms with van der Waals surface area (Å²) in [5, 5.41) is 5.86. The molecule has 32 heavy (non-hydrogen) atoms. The summed E-state index contributed by atoms with van der Waals surface area (Å²) in [6.07, 6.45) is 3.58. The summed E-state index contributed by atoms with van der Waals surface area (Å²) in [5.74, 6) is -3.46. The molecule has 3 aromatic rings. The van der Waals surface area contributed by atoms with Gasteiger partial charge in [0.25, 0.3) is 5.92 Å². The number of anilines is 4. The van der Waals surface area contributed by atoms with E-state index in [9.17, 15) is 17.6 Å². The lowest BCUT2D eigenvalue weighted by molar-refractivity contribution is -0.0222. The highest BCUT2D eigenvalue weighted by Gasteiger charge is 2.35. The topological polar surface area (TPSA) is 96.7 Å². The number of hydrogen-bond acceptors (Lipinski definition) is 8. The maximum Gasteiger partial charge on any atom is 0.251 e. The Morgan fingerprint density at radius 3 is 2.44 bits per heavy atom. The zero-order valence-electron chi connectivity index (χ0n) is 17.4. The van der Waals surface area contributed by atoms with Crippen molar-refractivity contribution >= 4 is 23.7 Å². The summed E-state index contributed by atoms with van der Waals surface area (Å²) >= 11 is 0. The van der Waals surface area contributed by atoms with Gasteiger partial charge in [0.15, 0.2) is 5.82 Å². The number of pyridine rings is 1. The fourth-order valence-electron chi connectivity index (χ4n) is 3.26. The first-order valence-corrected chi connectivity index (χ1v) is 9.90. The van der Waals surface area contributed by atoms with E-state index in [4.69, 9.17) is 0 Å². The third kappa shape index (κ3) is 5.03. The number of aromatic nitrogens is 6. The normalized spacial score (nSPS) is 16.6. The number of rotatable bonds is 6. The summed E-state index contributed by atoms with van der Waals surface area (Å²) in [5.41, 5.74) is -0.0230. The number of hydrogen-bond donors (Lipinski definition) is 2. The summed E-state index contributed by atoms with van der Waals surface area (Å²) in [6, 6.07) is 0.0284. The Labute approximate surface area is 180 Å². The monoisotopic (exact) mass is 451 g/mol. The fraction of sp³-hybridized carbons (Fsp3) is 0.421. The molecule has 1 saturated heterocycles. The number of nitrogens with one attached hydrogen (secondary N) is 2. The molecule has 1 atom stereocenters. The van der Waals surface area contributed by atoms with Crippen LogP contribution in [0.25, 0.3) is 0 Å². The Morgan fingerprint density at radius 2 is 1.78 bits per heavy atom. The van der Waals surface area contributed by atoms with Gasteiger partial charge in [0, 0.05) is 45.2 Å². The van der Waals surface area contributed by atoms with Crippen LogP contribution in [0.5, 0.6) is 0 Å². The highest BCUT2D eigenvalue weighted by atomic mass is 19.3. The van der Waals surface area contributed by atoms with Crippen molar-refractivity contribution in [3.05, 3.63) is 42.1 Å². The number of imidazole rings is 1. The number of halogens is 4. The molecule has 0 bridgehead atoms. The first-order valence-electron chi connectivity index (χ1n) is 9.90. The Bertz CT molecular complexity index is 1090. The van der Waals surface area contributed by atoms with Crippen LogP contribution >= 0.6 is 0 Å². The van der Waals surface area contributed by atoms with Crippen molar-refractivity contribution in [2.75, 3.05) is 28.6 Å². The van der Waals surface area contributed by atoms with E-state index in [1.165, 1.54) is 0 Å². The summed E-state index contributed by atoms with van der Waals surface area (Å²) in [4.78, 5) is 22.5. The molecule has 0 amide bonds. The van der Waals surface area contributed by atoms with Gasteiger partial charge >= 0.3 is 0 Å². The minimum Gasteiger partial charge on any atom is -0.346 e. The summed E-state index contributed by atoms with van der Waals surface area (Å²) in [6.45, 7) is 1.76. The van der Waals surface area contributed by atoms with Crippen LogP contribution in [0.2, 0.25) is 0 Å². The van der Waals surface area contributed by atoms with Crippen LogP contribution in [0.4, 0.5) is 41.2 Å². The van der Waals surface area contributed by atoms with Crippen LogP contribution in [-0.2, 0) is 7.05 Å². The van der Waals surface area contributed by atoms with E-state index in [0.717, 1.165) is 12.3 Å². The standard InChI is InChI=1S/C19H21F4N9/c1-11(15-13(21)7-12(20)8-24-15)26-16-28-17(27-14-9-31(2)10-25-14)30-18(29-16)32-5-3-19(22,23)4-6-32/h7-11H,3-6H2,1-2H3,(H2,26,27,28,29,30)/t11-/m0/s1. The lowest BCUT2D eigenvalue weighted by atomic mass is 10.1. The van der Waals surface area contributed by atoms with Crippen LogP contribution < -0.4 is 15.5 Å². The van der Waals surface area contributed by atoms with Gasteiger partial charge in [-0.2, -0.15) is 15.0 Å². The van der Waals surface area contributed by atoms with Gasteiger partial charge in [0.1, 0.15) is 11.6 Å². The Kier molecular flexibility index (Phi) is 5.80. The molecule has 4 heterocycles. The number of alkyl halides is 2. The van der Waals surface area contributed by atoms with E-state index in [0.29, 0.717) is 5.82 Å².